The molecule has 1 rings (SSSR count). The lowest BCUT2D eigenvalue weighted by Gasteiger charge is -2.37. The van der Waals surface area contributed by atoms with Gasteiger partial charge in [-0.15, -0.1) is 0 Å². The lowest BCUT2D eigenvalue weighted by atomic mass is 9.84. The third kappa shape index (κ3) is 1.95. The number of carbonyl (C=O) groups excluding carboxylic acids is 1. The van der Waals surface area contributed by atoms with Crippen molar-refractivity contribution in [2.45, 2.75) is 6.92 Å². The Kier molecular flexibility index (Phi) is 2.13. The highest BCUT2D eigenvalue weighted by Crippen LogP contribution is 2.21. The van der Waals surface area contributed by atoms with Crippen molar-refractivity contribution in [3.05, 3.63) is 0 Å². The van der Waals surface area contributed by atoms with E-state index in [9.17, 15) is 13.2 Å². The van der Waals surface area contributed by atoms with Gasteiger partial charge < -0.3 is 5.32 Å². The maximum atomic E-state index is 11.2. The van der Waals surface area contributed by atoms with Crippen molar-refractivity contribution in [2.75, 3.05) is 19.3 Å². The van der Waals surface area contributed by atoms with Crippen molar-refractivity contribution >= 4 is 15.9 Å². The van der Waals surface area contributed by atoms with E-state index in [0.717, 1.165) is 6.26 Å². The van der Waals surface area contributed by atoms with Crippen molar-refractivity contribution in [3.8, 4) is 0 Å². The van der Waals surface area contributed by atoms with Crippen molar-refractivity contribution in [3.63, 3.8) is 0 Å². The number of carbonyl (C=O) groups is 1. The Balaban J connectivity index is 2.60. The fourth-order valence-electron chi connectivity index (χ4n) is 0.952. The molecule has 2 N–H and O–H groups in total. The Labute approximate surface area is 71.6 Å². The Hall–Kier alpha value is -0.620. The van der Waals surface area contributed by atoms with E-state index in [1.165, 1.54) is 0 Å². The summed E-state index contributed by atoms with van der Waals surface area (Å²) in [7, 11) is -3.41. The van der Waals surface area contributed by atoms with Gasteiger partial charge in [0.15, 0.2) is 0 Å². The predicted octanol–water partition coefficient (Wildman–Crippen LogP) is -1.33. The minimum atomic E-state index is -3.41. The molecule has 6 heteroatoms. The molecule has 0 aromatic carbocycles. The van der Waals surface area contributed by atoms with Crippen LogP contribution < -0.4 is 10.0 Å². The van der Waals surface area contributed by atoms with Crippen LogP contribution in [0.3, 0.4) is 0 Å². The summed E-state index contributed by atoms with van der Waals surface area (Å²) >= 11 is 0. The monoisotopic (exact) mass is 192 g/mol. The van der Waals surface area contributed by atoms with E-state index in [1.54, 1.807) is 6.92 Å². The molecule has 1 amide bonds. The topological polar surface area (TPSA) is 75.3 Å². The van der Waals surface area contributed by atoms with Crippen LogP contribution in [0.25, 0.3) is 0 Å². The van der Waals surface area contributed by atoms with E-state index in [0.29, 0.717) is 13.1 Å². The Morgan fingerprint density at radius 1 is 1.50 bits per heavy atom. The number of hydrogen-bond acceptors (Lipinski definition) is 4. The lowest BCUT2D eigenvalue weighted by molar-refractivity contribution is -0.130. The number of rotatable bonds is 2. The SMILES string of the molecule is CC1(C(=O)NS(C)(=O)=O)CNC1. The molecular weight excluding hydrogens is 180 g/mol. The molecular formula is C6H12N2O3S. The van der Waals surface area contributed by atoms with Crippen LogP contribution in [0.5, 0.6) is 0 Å². The molecule has 0 aromatic heterocycles. The Morgan fingerprint density at radius 3 is 2.25 bits per heavy atom. The minimum Gasteiger partial charge on any atom is -0.315 e. The van der Waals surface area contributed by atoms with E-state index >= 15 is 0 Å². The Bertz CT molecular complexity index is 292. The quantitative estimate of drug-likeness (QED) is 0.568. The van der Waals surface area contributed by atoms with E-state index < -0.39 is 21.3 Å². The highest BCUT2D eigenvalue weighted by atomic mass is 32.2. The van der Waals surface area contributed by atoms with Gasteiger partial charge in [0.25, 0.3) is 0 Å². The lowest BCUT2D eigenvalue weighted by Crippen LogP contribution is -2.60. The van der Waals surface area contributed by atoms with Crippen LogP contribution in [0.4, 0.5) is 0 Å². The molecule has 0 aliphatic carbocycles. The molecule has 0 spiro atoms. The van der Waals surface area contributed by atoms with Crippen LogP contribution >= 0.6 is 0 Å². The average Bonchev–Trinajstić information content (AvgIpc) is 1.78. The highest BCUT2D eigenvalue weighted by Gasteiger charge is 2.40. The number of sulfonamides is 1. The zero-order chi connectivity index (χ0) is 9.41. The summed E-state index contributed by atoms with van der Waals surface area (Å²) in [5.41, 5.74) is -0.552. The predicted molar refractivity (Wildman–Crippen MR) is 44.0 cm³/mol. The number of amides is 1. The van der Waals surface area contributed by atoms with Gasteiger partial charge in [0, 0.05) is 13.1 Å². The smallest absolute Gasteiger partial charge is 0.241 e. The first-order valence-corrected chi connectivity index (χ1v) is 5.46. The minimum absolute atomic E-state index is 0.427. The summed E-state index contributed by atoms with van der Waals surface area (Å²) in [5.74, 6) is -0.427. The maximum absolute atomic E-state index is 11.2. The van der Waals surface area contributed by atoms with Gasteiger partial charge in [0.1, 0.15) is 0 Å². The average molecular weight is 192 g/mol. The van der Waals surface area contributed by atoms with Gasteiger partial charge in [-0.1, -0.05) is 0 Å². The molecule has 0 saturated carbocycles. The van der Waals surface area contributed by atoms with Gasteiger partial charge in [-0.05, 0) is 6.92 Å². The Morgan fingerprint density at radius 2 is 2.00 bits per heavy atom. The second-order valence-electron chi connectivity index (χ2n) is 3.37. The summed E-state index contributed by atoms with van der Waals surface area (Å²) < 4.78 is 23.3. The van der Waals surface area contributed by atoms with Crippen LogP contribution in [0.2, 0.25) is 0 Å². The van der Waals surface area contributed by atoms with Gasteiger partial charge in [-0.3, -0.25) is 9.52 Å². The zero-order valence-corrected chi connectivity index (χ0v) is 7.86. The van der Waals surface area contributed by atoms with E-state index in [4.69, 9.17) is 0 Å². The van der Waals surface area contributed by atoms with Crippen molar-refractivity contribution < 1.29 is 13.2 Å². The number of hydrogen-bond donors (Lipinski definition) is 2. The molecule has 1 heterocycles. The van der Waals surface area contributed by atoms with Crippen LogP contribution in [-0.4, -0.2) is 33.7 Å². The van der Waals surface area contributed by atoms with Crippen LogP contribution in [-0.2, 0) is 14.8 Å². The van der Waals surface area contributed by atoms with E-state index in [2.05, 4.69) is 5.32 Å². The van der Waals surface area contributed by atoms with Crippen molar-refractivity contribution in [1.82, 2.24) is 10.0 Å². The molecule has 1 aliphatic heterocycles. The largest absolute Gasteiger partial charge is 0.315 e. The fourth-order valence-corrected chi connectivity index (χ4v) is 1.54. The van der Waals surface area contributed by atoms with Crippen LogP contribution in [0.1, 0.15) is 6.92 Å². The maximum Gasteiger partial charge on any atom is 0.241 e. The van der Waals surface area contributed by atoms with Gasteiger partial charge in [0.05, 0.1) is 11.7 Å². The summed E-state index contributed by atoms with van der Waals surface area (Å²) in [5, 5.41) is 2.91. The molecule has 0 unspecified atom stereocenters. The third-order valence-electron chi connectivity index (χ3n) is 1.86. The normalized spacial score (nSPS) is 21.2. The fraction of sp³-hybridized carbons (Fsp3) is 0.833. The van der Waals surface area contributed by atoms with Crippen LogP contribution in [0, 0.1) is 5.41 Å². The second-order valence-corrected chi connectivity index (χ2v) is 5.12. The van der Waals surface area contributed by atoms with Gasteiger partial charge >= 0.3 is 0 Å². The molecule has 0 bridgehead atoms. The first-order chi connectivity index (χ1) is 5.33. The van der Waals surface area contributed by atoms with Gasteiger partial charge in [0.2, 0.25) is 15.9 Å². The second kappa shape index (κ2) is 2.70. The van der Waals surface area contributed by atoms with Crippen molar-refractivity contribution in [1.29, 1.82) is 0 Å². The standard InChI is InChI=1S/C6H12N2O3S/c1-6(3-7-4-6)5(9)8-12(2,10)11/h7H,3-4H2,1-2H3,(H,8,9). The molecule has 1 saturated heterocycles. The van der Waals surface area contributed by atoms with Crippen molar-refractivity contribution in [2.24, 2.45) is 5.41 Å². The van der Waals surface area contributed by atoms with Gasteiger partial charge in [-0.25, -0.2) is 8.42 Å². The first kappa shape index (κ1) is 9.47. The molecule has 1 aliphatic rings. The number of nitrogens with one attached hydrogen (secondary N) is 2. The summed E-state index contributed by atoms with van der Waals surface area (Å²) in [6.07, 6.45) is 0.973. The molecule has 0 aromatic rings. The molecule has 12 heavy (non-hydrogen) atoms. The summed E-state index contributed by atoms with van der Waals surface area (Å²) in [6.45, 7) is 2.80. The molecule has 0 radical (unpaired) electrons. The zero-order valence-electron chi connectivity index (χ0n) is 7.05. The van der Waals surface area contributed by atoms with Gasteiger partial charge in [-0.2, -0.15) is 0 Å². The third-order valence-corrected chi connectivity index (χ3v) is 2.41. The summed E-state index contributed by atoms with van der Waals surface area (Å²) in [4.78, 5) is 11.2. The highest BCUT2D eigenvalue weighted by molar-refractivity contribution is 7.89. The molecule has 5 nitrogen and oxygen atoms in total. The first-order valence-electron chi connectivity index (χ1n) is 3.56. The molecule has 70 valence electrons. The summed E-state index contributed by atoms with van der Waals surface area (Å²) in [6, 6.07) is 0. The van der Waals surface area contributed by atoms with Crippen LogP contribution in [0.15, 0.2) is 0 Å². The van der Waals surface area contributed by atoms with E-state index in [1.807, 2.05) is 4.72 Å². The molecule has 1 fully saturated rings. The van der Waals surface area contributed by atoms with E-state index in [-0.39, 0.29) is 0 Å². The molecule has 0 atom stereocenters.